The fourth-order valence-electron chi connectivity index (χ4n) is 3.23. The summed E-state index contributed by atoms with van der Waals surface area (Å²) in [5.41, 5.74) is 1.07. The Hall–Kier alpha value is -1.23. The zero-order valence-corrected chi connectivity index (χ0v) is 12.2. The molecular formula is C16H22F3NO. The largest absolute Gasteiger partial charge is 0.573 e. The maximum Gasteiger partial charge on any atom is 0.573 e. The molecule has 1 aromatic rings. The molecule has 1 aliphatic carbocycles. The third-order valence-corrected chi connectivity index (χ3v) is 4.19. The lowest BCUT2D eigenvalue weighted by atomic mass is 9.85. The summed E-state index contributed by atoms with van der Waals surface area (Å²) in [7, 11) is 1.95. The predicted molar refractivity (Wildman–Crippen MR) is 76.2 cm³/mol. The van der Waals surface area contributed by atoms with Crippen LogP contribution in [0.5, 0.6) is 5.75 Å². The van der Waals surface area contributed by atoms with Crippen molar-refractivity contribution in [2.24, 2.45) is 11.8 Å². The van der Waals surface area contributed by atoms with Crippen LogP contribution >= 0.6 is 0 Å². The maximum atomic E-state index is 12.1. The second-order valence-electron chi connectivity index (χ2n) is 5.76. The van der Waals surface area contributed by atoms with E-state index in [1.165, 1.54) is 37.8 Å². The Balaban J connectivity index is 1.96. The molecule has 1 unspecified atom stereocenters. The van der Waals surface area contributed by atoms with Gasteiger partial charge in [0.25, 0.3) is 0 Å². The minimum Gasteiger partial charge on any atom is -0.406 e. The van der Waals surface area contributed by atoms with Gasteiger partial charge in [-0.3, -0.25) is 0 Å². The van der Waals surface area contributed by atoms with E-state index in [4.69, 9.17) is 0 Å². The van der Waals surface area contributed by atoms with Gasteiger partial charge >= 0.3 is 6.36 Å². The van der Waals surface area contributed by atoms with E-state index >= 15 is 0 Å². The first-order valence-electron chi connectivity index (χ1n) is 7.47. The standard InChI is InChI=1S/C16H22F3NO/c1-20-11-14(13-4-2-3-5-13)10-12-6-8-15(9-7-12)21-16(17,18)19/h6-9,13-14,20H,2-5,10-11H2,1H3. The van der Waals surface area contributed by atoms with Crippen LogP contribution in [0.1, 0.15) is 31.2 Å². The first-order valence-corrected chi connectivity index (χ1v) is 7.47. The van der Waals surface area contributed by atoms with Crippen molar-refractivity contribution in [1.82, 2.24) is 5.32 Å². The third kappa shape index (κ3) is 5.23. The fraction of sp³-hybridized carbons (Fsp3) is 0.625. The number of nitrogens with one attached hydrogen (secondary N) is 1. The molecule has 0 radical (unpaired) electrons. The summed E-state index contributed by atoms with van der Waals surface area (Å²) in [5, 5.41) is 3.23. The second kappa shape index (κ2) is 7.16. The van der Waals surface area contributed by atoms with Gasteiger partial charge < -0.3 is 10.1 Å². The summed E-state index contributed by atoms with van der Waals surface area (Å²) in [6.07, 6.45) is 1.40. The van der Waals surface area contributed by atoms with E-state index < -0.39 is 6.36 Å². The van der Waals surface area contributed by atoms with Crippen LogP contribution in [0, 0.1) is 11.8 Å². The van der Waals surface area contributed by atoms with Gasteiger partial charge in [-0.25, -0.2) is 0 Å². The van der Waals surface area contributed by atoms with Crippen molar-refractivity contribution >= 4 is 0 Å². The monoisotopic (exact) mass is 301 g/mol. The SMILES string of the molecule is CNCC(Cc1ccc(OC(F)(F)F)cc1)C1CCCC1. The van der Waals surface area contributed by atoms with Crippen LogP contribution in [0.4, 0.5) is 13.2 Å². The van der Waals surface area contributed by atoms with Crippen molar-refractivity contribution in [3.63, 3.8) is 0 Å². The molecule has 0 aromatic heterocycles. The molecule has 0 heterocycles. The number of rotatable bonds is 6. The Morgan fingerprint density at radius 2 is 1.81 bits per heavy atom. The van der Waals surface area contributed by atoms with E-state index in [1.54, 1.807) is 12.1 Å². The van der Waals surface area contributed by atoms with Crippen molar-refractivity contribution in [3.8, 4) is 5.75 Å². The van der Waals surface area contributed by atoms with Crippen molar-refractivity contribution < 1.29 is 17.9 Å². The molecule has 1 atom stereocenters. The van der Waals surface area contributed by atoms with Crippen molar-refractivity contribution in [3.05, 3.63) is 29.8 Å². The Labute approximate surface area is 123 Å². The van der Waals surface area contributed by atoms with Crippen LogP contribution in [0.15, 0.2) is 24.3 Å². The quantitative estimate of drug-likeness (QED) is 0.852. The normalized spacial score (nSPS) is 17.9. The molecule has 1 aliphatic rings. The topological polar surface area (TPSA) is 21.3 Å². The van der Waals surface area contributed by atoms with Gasteiger partial charge in [0, 0.05) is 0 Å². The number of benzene rings is 1. The summed E-state index contributed by atoms with van der Waals surface area (Å²) >= 11 is 0. The van der Waals surface area contributed by atoms with Crippen molar-refractivity contribution in [2.45, 2.75) is 38.5 Å². The Bertz CT molecular complexity index is 424. The lowest BCUT2D eigenvalue weighted by Crippen LogP contribution is -2.26. The van der Waals surface area contributed by atoms with E-state index in [0.717, 1.165) is 24.4 Å². The lowest BCUT2D eigenvalue weighted by molar-refractivity contribution is -0.274. The molecule has 2 rings (SSSR count). The highest BCUT2D eigenvalue weighted by atomic mass is 19.4. The summed E-state index contributed by atoms with van der Waals surface area (Å²) in [4.78, 5) is 0. The zero-order valence-electron chi connectivity index (χ0n) is 12.2. The third-order valence-electron chi connectivity index (χ3n) is 4.19. The molecule has 1 saturated carbocycles. The van der Waals surface area contributed by atoms with E-state index in [2.05, 4.69) is 10.1 Å². The highest BCUT2D eigenvalue weighted by Gasteiger charge is 2.31. The van der Waals surface area contributed by atoms with E-state index in [0.29, 0.717) is 5.92 Å². The minimum absolute atomic E-state index is 0.155. The molecule has 21 heavy (non-hydrogen) atoms. The molecule has 1 fully saturated rings. The van der Waals surface area contributed by atoms with Gasteiger partial charge in [0.2, 0.25) is 0 Å². The number of ether oxygens (including phenoxy) is 1. The number of alkyl halides is 3. The van der Waals surface area contributed by atoms with Gasteiger partial charge in [0.15, 0.2) is 0 Å². The average molecular weight is 301 g/mol. The first-order chi connectivity index (χ1) is 9.98. The van der Waals surface area contributed by atoms with Gasteiger partial charge in [-0.2, -0.15) is 0 Å². The second-order valence-corrected chi connectivity index (χ2v) is 5.76. The van der Waals surface area contributed by atoms with Gasteiger partial charge in [0.1, 0.15) is 5.75 Å². The summed E-state index contributed by atoms with van der Waals surface area (Å²) in [5.74, 6) is 1.12. The summed E-state index contributed by atoms with van der Waals surface area (Å²) in [6, 6.07) is 6.26. The predicted octanol–water partition coefficient (Wildman–Crippen LogP) is 4.15. The Morgan fingerprint density at radius 1 is 1.19 bits per heavy atom. The molecule has 2 nitrogen and oxygen atoms in total. The number of halogens is 3. The Morgan fingerprint density at radius 3 is 2.33 bits per heavy atom. The van der Waals surface area contributed by atoms with Gasteiger partial charge in [-0.15, -0.1) is 13.2 Å². The molecular weight excluding hydrogens is 279 g/mol. The summed E-state index contributed by atoms with van der Waals surface area (Å²) < 4.78 is 40.3. The first kappa shape index (κ1) is 16.1. The van der Waals surface area contributed by atoms with Crippen LogP contribution < -0.4 is 10.1 Å². The number of hydrogen-bond acceptors (Lipinski definition) is 2. The fourth-order valence-corrected chi connectivity index (χ4v) is 3.23. The van der Waals surface area contributed by atoms with Crippen molar-refractivity contribution in [1.29, 1.82) is 0 Å². The molecule has 118 valence electrons. The highest BCUT2D eigenvalue weighted by molar-refractivity contribution is 5.27. The van der Waals surface area contributed by atoms with Crippen LogP contribution in [0.2, 0.25) is 0 Å². The summed E-state index contributed by atoms with van der Waals surface area (Å²) in [6.45, 7) is 0.950. The van der Waals surface area contributed by atoms with E-state index in [1.807, 2.05) is 7.05 Å². The van der Waals surface area contributed by atoms with Gasteiger partial charge in [0.05, 0.1) is 0 Å². The van der Waals surface area contributed by atoms with Gasteiger partial charge in [-0.05, 0) is 49.5 Å². The zero-order chi connectivity index (χ0) is 15.3. The smallest absolute Gasteiger partial charge is 0.406 e. The van der Waals surface area contributed by atoms with Gasteiger partial charge in [-0.1, -0.05) is 37.8 Å². The van der Waals surface area contributed by atoms with Crippen LogP contribution in [0.3, 0.4) is 0 Å². The highest BCUT2D eigenvalue weighted by Crippen LogP contribution is 2.33. The van der Waals surface area contributed by atoms with E-state index in [9.17, 15) is 13.2 Å². The molecule has 1 aromatic carbocycles. The lowest BCUT2D eigenvalue weighted by Gasteiger charge is -2.23. The number of hydrogen-bond donors (Lipinski definition) is 1. The maximum absolute atomic E-state index is 12.1. The molecule has 0 saturated heterocycles. The molecule has 0 spiro atoms. The molecule has 5 heteroatoms. The average Bonchev–Trinajstić information content (AvgIpc) is 2.92. The molecule has 1 N–H and O–H groups in total. The van der Waals surface area contributed by atoms with Crippen molar-refractivity contribution in [2.75, 3.05) is 13.6 Å². The molecule has 0 bridgehead atoms. The van der Waals surface area contributed by atoms with Crippen LogP contribution in [-0.2, 0) is 6.42 Å². The van der Waals surface area contributed by atoms with Crippen LogP contribution in [0.25, 0.3) is 0 Å². The Kier molecular flexibility index (Phi) is 5.51. The van der Waals surface area contributed by atoms with Crippen LogP contribution in [-0.4, -0.2) is 20.0 Å². The van der Waals surface area contributed by atoms with E-state index in [-0.39, 0.29) is 5.75 Å². The minimum atomic E-state index is -4.62. The molecule has 0 aliphatic heterocycles. The molecule has 0 amide bonds.